The number of alkyl carbamates (subject to hydrolysis) is 1. The lowest BCUT2D eigenvalue weighted by Gasteiger charge is -2.19. The zero-order chi connectivity index (χ0) is 23.7. The van der Waals surface area contributed by atoms with E-state index in [1.54, 1.807) is 0 Å². The molecule has 1 aliphatic heterocycles. The maximum absolute atomic E-state index is 12.7. The van der Waals surface area contributed by atoms with Crippen LogP contribution in [0.25, 0.3) is 0 Å². The fraction of sp³-hybridized carbons (Fsp3) is 0.417. The normalized spacial score (nSPS) is 14.5. The van der Waals surface area contributed by atoms with Crippen molar-refractivity contribution in [3.05, 3.63) is 65.7 Å². The largest absolute Gasteiger partial charge is 0.445 e. The van der Waals surface area contributed by atoms with Crippen molar-refractivity contribution in [1.29, 1.82) is 0 Å². The molecule has 0 aromatic heterocycles. The van der Waals surface area contributed by atoms with E-state index in [0.717, 1.165) is 36.2 Å². The third kappa shape index (κ3) is 8.42. The Kier molecular flexibility index (Phi) is 8.71. The van der Waals surface area contributed by atoms with Crippen LogP contribution in [0.1, 0.15) is 30.4 Å². The number of carbonyl (C=O) groups excluding carboxylic acids is 2. The molecule has 1 unspecified atom stereocenters. The molecule has 0 saturated carbocycles. The predicted octanol–water partition coefficient (Wildman–Crippen LogP) is 2.63. The zero-order valence-corrected chi connectivity index (χ0v) is 19.6. The van der Waals surface area contributed by atoms with E-state index in [2.05, 4.69) is 15.5 Å². The number of nitrogens with one attached hydrogen (secondary N) is 2. The molecule has 0 aliphatic carbocycles. The van der Waals surface area contributed by atoms with Crippen molar-refractivity contribution in [1.82, 2.24) is 10.6 Å². The lowest BCUT2D eigenvalue weighted by molar-refractivity contribution is -0.123. The molecule has 1 saturated heterocycles. The second kappa shape index (κ2) is 11.7. The Labute approximate surface area is 195 Å². The van der Waals surface area contributed by atoms with Gasteiger partial charge < -0.3 is 20.3 Å². The summed E-state index contributed by atoms with van der Waals surface area (Å²) in [4.78, 5) is 27.3. The Bertz CT molecular complexity index is 1020. The molecular formula is C24H31N3O5S. The topological polar surface area (TPSA) is 105 Å². The van der Waals surface area contributed by atoms with Crippen molar-refractivity contribution in [3.63, 3.8) is 0 Å². The number of rotatable bonds is 10. The maximum atomic E-state index is 12.7. The third-order valence-electron chi connectivity index (χ3n) is 5.47. The number of hydrogen-bond donors (Lipinski definition) is 2. The Hall–Kier alpha value is -3.07. The molecule has 2 aromatic carbocycles. The van der Waals surface area contributed by atoms with E-state index >= 15 is 0 Å². The van der Waals surface area contributed by atoms with Crippen molar-refractivity contribution in [2.45, 2.75) is 38.5 Å². The summed E-state index contributed by atoms with van der Waals surface area (Å²) in [5.74, 6) is -0.687. The lowest BCUT2D eigenvalue weighted by Crippen LogP contribution is -2.47. The molecule has 0 radical (unpaired) electrons. The molecule has 2 N–H and O–H groups in total. The Morgan fingerprint density at radius 1 is 1.00 bits per heavy atom. The van der Waals surface area contributed by atoms with Crippen molar-refractivity contribution < 1.29 is 22.7 Å². The highest BCUT2D eigenvalue weighted by Gasteiger charge is 2.23. The van der Waals surface area contributed by atoms with Crippen LogP contribution in [0.5, 0.6) is 0 Å². The fourth-order valence-corrected chi connectivity index (χ4v) is 4.28. The van der Waals surface area contributed by atoms with Gasteiger partial charge in [-0.1, -0.05) is 42.5 Å². The van der Waals surface area contributed by atoms with E-state index in [1.807, 2.05) is 54.6 Å². The standard InChI is InChI=1S/C24H31N3O5S/c1-33(30,31)16-13-22(26-24(29)32-18-20-7-3-2-4-8-20)23(28)25-17-19-9-11-21(12-10-19)27-14-5-6-15-27/h2-4,7-12,22H,5-6,13-18H2,1H3,(H,25,28)(H,26,29). The minimum absolute atomic E-state index is 0.0427. The summed E-state index contributed by atoms with van der Waals surface area (Å²) >= 11 is 0. The van der Waals surface area contributed by atoms with E-state index in [1.165, 1.54) is 12.8 Å². The Balaban J connectivity index is 1.54. The van der Waals surface area contributed by atoms with E-state index in [0.29, 0.717) is 0 Å². The van der Waals surface area contributed by atoms with Gasteiger partial charge in [0.2, 0.25) is 5.91 Å². The number of benzene rings is 2. The summed E-state index contributed by atoms with van der Waals surface area (Å²) in [5.41, 5.74) is 2.89. The number of anilines is 1. The molecule has 3 rings (SSSR count). The first-order valence-corrected chi connectivity index (χ1v) is 13.1. The van der Waals surface area contributed by atoms with E-state index in [-0.39, 0.29) is 25.3 Å². The maximum Gasteiger partial charge on any atom is 0.408 e. The molecule has 2 aromatic rings. The lowest BCUT2D eigenvalue weighted by atomic mass is 10.1. The van der Waals surface area contributed by atoms with Gasteiger partial charge in [-0.2, -0.15) is 0 Å². The number of sulfone groups is 1. The van der Waals surface area contributed by atoms with Gasteiger partial charge in [0.15, 0.2) is 0 Å². The van der Waals surface area contributed by atoms with Crippen molar-refractivity contribution >= 4 is 27.5 Å². The van der Waals surface area contributed by atoms with E-state index in [9.17, 15) is 18.0 Å². The minimum atomic E-state index is -3.30. The average Bonchev–Trinajstić information content (AvgIpc) is 3.34. The number of carbonyl (C=O) groups is 2. The second-order valence-electron chi connectivity index (χ2n) is 8.26. The molecule has 1 fully saturated rings. The van der Waals surface area contributed by atoms with Gasteiger partial charge in [0.05, 0.1) is 5.75 Å². The van der Waals surface area contributed by atoms with Gasteiger partial charge in [0, 0.05) is 31.6 Å². The highest BCUT2D eigenvalue weighted by molar-refractivity contribution is 7.90. The van der Waals surface area contributed by atoms with Gasteiger partial charge in [-0.05, 0) is 42.5 Å². The van der Waals surface area contributed by atoms with Crippen LogP contribution in [0.2, 0.25) is 0 Å². The summed E-state index contributed by atoms with van der Waals surface area (Å²) in [7, 11) is -3.30. The van der Waals surface area contributed by atoms with Crippen molar-refractivity contribution in [3.8, 4) is 0 Å². The first-order valence-electron chi connectivity index (χ1n) is 11.1. The first kappa shape index (κ1) is 24.6. The van der Waals surface area contributed by atoms with E-state index in [4.69, 9.17) is 4.74 Å². The molecule has 2 amide bonds. The first-order chi connectivity index (χ1) is 15.8. The van der Waals surface area contributed by atoms with Crippen LogP contribution in [-0.4, -0.2) is 51.6 Å². The number of nitrogens with zero attached hydrogens (tertiary/aromatic N) is 1. The molecule has 178 valence electrons. The summed E-state index contributed by atoms with van der Waals surface area (Å²) in [6.07, 6.45) is 2.68. The smallest absolute Gasteiger partial charge is 0.408 e. The second-order valence-corrected chi connectivity index (χ2v) is 10.5. The number of amides is 2. The van der Waals surface area contributed by atoms with Crippen LogP contribution in [-0.2, 0) is 32.5 Å². The monoisotopic (exact) mass is 473 g/mol. The third-order valence-corrected chi connectivity index (χ3v) is 6.45. The minimum Gasteiger partial charge on any atom is -0.445 e. The van der Waals surface area contributed by atoms with Crippen LogP contribution in [0.4, 0.5) is 10.5 Å². The van der Waals surface area contributed by atoms with Crippen LogP contribution in [0.15, 0.2) is 54.6 Å². The fourth-order valence-electron chi connectivity index (χ4n) is 3.62. The molecule has 9 heteroatoms. The summed E-state index contributed by atoms with van der Waals surface area (Å²) in [5, 5.41) is 5.28. The molecule has 0 spiro atoms. The van der Waals surface area contributed by atoms with Crippen molar-refractivity contribution in [2.75, 3.05) is 30.0 Å². The molecule has 0 bridgehead atoms. The summed E-state index contributed by atoms with van der Waals surface area (Å²) in [6, 6.07) is 16.1. The summed E-state index contributed by atoms with van der Waals surface area (Å²) in [6.45, 7) is 2.44. The average molecular weight is 474 g/mol. The molecule has 1 atom stereocenters. The summed E-state index contributed by atoms with van der Waals surface area (Å²) < 4.78 is 28.4. The van der Waals surface area contributed by atoms with Crippen molar-refractivity contribution in [2.24, 2.45) is 0 Å². The SMILES string of the molecule is CS(=O)(=O)CCC(NC(=O)OCc1ccccc1)C(=O)NCc1ccc(N2CCCC2)cc1. The highest BCUT2D eigenvalue weighted by atomic mass is 32.2. The Morgan fingerprint density at radius 2 is 1.67 bits per heavy atom. The van der Waals surface area contributed by atoms with Gasteiger partial charge in [-0.25, -0.2) is 13.2 Å². The highest BCUT2D eigenvalue weighted by Crippen LogP contribution is 2.20. The molecule has 1 heterocycles. The van der Waals surface area contributed by atoms with Gasteiger partial charge in [0.25, 0.3) is 0 Å². The van der Waals surface area contributed by atoms with Crippen LogP contribution in [0, 0.1) is 0 Å². The predicted molar refractivity (Wildman–Crippen MR) is 128 cm³/mol. The molecule has 33 heavy (non-hydrogen) atoms. The van der Waals surface area contributed by atoms with Gasteiger partial charge in [0.1, 0.15) is 22.5 Å². The Morgan fingerprint density at radius 3 is 2.30 bits per heavy atom. The molecule has 8 nitrogen and oxygen atoms in total. The number of hydrogen-bond acceptors (Lipinski definition) is 6. The van der Waals surface area contributed by atoms with Crippen LogP contribution < -0.4 is 15.5 Å². The molecular weight excluding hydrogens is 442 g/mol. The van der Waals surface area contributed by atoms with Gasteiger partial charge in [-0.3, -0.25) is 4.79 Å². The van der Waals surface area contributed by atoms with Crippen LogP contribution in [0.3, 0.4) is 0 Å². The quantitative estimate of drug-likeness (QED) is 0.550. The zero-order valence-electron chi connectivity index (χ0n) is 18.8. The molecule has 1 aliphatic rings. The number of ether oxygens (including phenoxy) is 1. The van der Waals surface area contributed by atoms with Gasteiger partial charge in [-0.15, -0.1) is 0 Å². The van der Waals surface area contributed by atoms with Crippen LogP contribution >= 0.6 is 0 Å². The van der Waals surface area contributed by atoms with E-state index < -0.39 is 27.9 Å². The van der Waals surface area contributed by atoms with Gasteiger partial charge >= 0.3 is 6.09 Å².